The quantitative estimate of drug-likeness (QED) is 0.722. The molecule has 0 fully saturated rings. The maximum Gasteiger partial charge on any atom is 0.274 e. The molecule has 140 valence electrons. The van der Waals surface area contributed by atoms with E-state index in [1.54, 1.807) is 4.90 Å². The van der Waals surface area contributed by atoms with Crippen LogP contribution < -0.4 is 14.4 Å². The van der Waals surface area contributed by atoms with Crippen LogP contribution in [0.3, 0.4) is 0 Å². The van der Waals surface area contributed by atoms with Crippen molar-refractivity contribution >= 4 is 22.5 Å². The second-order valence-electron chi connectivity index (χ2n) is 6.79. The Hall–Kier alpha value is -2.95. The molecule has 3 aromatic rings. The molecule has 0 spiro atoms. The van der Waals surface area contributed by atoms with E-state index in [0.717, 1.165) is 40.1 Å². The third-order valence-electron chi connectivity index (χ3n) is 4.89. The molecule has 27 heavy (non-hydrogen) atoms. The van der Waals surface area contributed by atoms with E-state index in [1.807, 2.05) is 56.3 Å². The molecule has 1 aliphatic rings. The fraction of sp³-hybridized carbons (Fsp3) is 0.318. The Morgan fingerprint density at radius 1 is 1.26 bits per heavy atom. The van der Waals surface area contributed by atoms with Gasteiger partial charge in [0.25, 0.3) is 5.91 Å². The average Bonchev–Trinajstić information content (AvgIpc) is 3.27. The summed E-state index contributed by atoms with van der Waals surface area (Å²) in [5.74, 6) is 1.56. The zero-order valence-corrected chi connectivity index (χ0v) is 15.9. The number of para-hydroxylation sites is 1. The van der Waals surface area contributed by atoms with Gasteiger partial charge in [0.2, 0.25) is 0 Å². The van der Waals surface area contributed by atoms with Crippen LogP contribution in [0.5, 0.6) is 11.5 Å². The van der Waals surface area contributed by atoms with Gasteiger partial charge in [-0.25, -0.2) is 0 Å². The Kier molecular flexibility index (Phi) is 4.52. The van der Waals surface area contributed by atoms with Gasteiger partial charge in [0.05, 0.1) is 12.1 Å². The number of hydrogen-bond donors (Lipinski definition) is 1. The zero-order valence-electron chi connectivity index (χ0n) is 15.9. The lowest BCUT2D eigenvalue weighted by Crippen LogP contribution is -2.30. The minimum absolute atomic E-state index is 0.0675. The Labute approximate surface area is 158 Å². The van der Waals surface area contributed by atoms with Crippen molar-refractivity contribution in [2.75, 3.05) is 18.1 Å². The molecule has 0 unspecified atom stereocenters. The van der Waals surface area contributed by atoms with E-state index in [2.05, 4.69) is 11.9 Å². The fourth-order valence-corrected chi connectivity index (χ4v) is 3.72. The molecule has 2 heterocycles. The fourth-order valence-electron chi connectivity index (χ4n) is 3.72. The third kappa shape index (κ3) is 3.03. The van der Waals surface area contributed by atoms with Gasteiger partial charge in [0.15, 0.2) is 0 Å². The monoisotopic (exact) mass is 364 g/mol. The number of amides is 1. The average molecular weight is 364 g/mol. The number of nitrogens with zero attached hydrogens (tertiary/aromatic N) is 1. The number of H-pyrrole nitrogens is 1. The molecular formula is C22H24N2O3. The summed E-state index contributed by atoms with van der Waals surface area (Å²) in [6.45, 7) is 7.15. The summed E-state index contributed by atoms with van der Waals surface area (Å²) in [6.07, 6.45) is 0.970. The van der Waals surface area contributed by atoms with E-state index in [-0.39, 0.29) is 12.0 Å². The maximum atomic E-state index is 13.2. The van der Waals surface area contributed by atoms with Crippen molar-refractivity contribution in [2.45, 2.75) is 33.3 Å². The maximum absolute atomic E-state index is 13.2. The van der Waals surface area contributed by atoms with Crippen LogP contribution in [0.4, 0.5) is 5.69 Å². The standard InChI is InChI=1S/C22H24N2O3/c1-4-24(16-9-7-6-8-10-16)22(25)18-13-17-19(26-5-2)12-15-11-14(3)27-21(15)20(17)23-18/h6-10,12-14,23H,4-5,11H2,1-3H3/t14-/m1/s1. The van der Waals surface area contributed by atoms with Gasteiger partial charge >= 0.3 is 0 Å². The number of aromatic amines is 1. The van der Waals surface area contributed by atoms with E-state index < -0.39 is 0 Å². The van der Waals surface area contributed by atoms with Gasteiger partial charge < -0.3 is 19.4 Å². The van der Waals surface area contributed by atoms with E-state index in [4.69, 9.17) is 9.47 Å². The molecule has 1 aliphatic heterocycles. The highest BCUT2D eigenvalue weighted by Crippen LogP contribution is 2.41. The summed E-state index contributed by atoms with van der Waals surface area (Å²) in [6, 6.07) is 13.6. The lowest BCUT2D eigenvalue weighted by molar-refractivity contribution is 0.0984. The van der Waals surface area contributed by atoms with Crippen molar-refractivity contribution in [3.8, 4) is 11.5 Å². The SMILES string of the molecule is CCOc1cc2c(c3[nH]c(C(=O)N(CC)c4ccccc4)cc13)O[C@H](C)C2. The van der Waals surface area contributed by atoms with Crippen LogP contribution in [0.1, 0.15) is 36.8 Å². The molecule has 2 aromatic carbocycles. The molecule has 0 aliphatic carbocycles. The van der Waals surface area contributed by atoms with Crippen molar-refractivity contribution in [3.63, 3.8) is 0 Å². The number of nitrogens with one attached hydrogen (secondary N) is 1. The summed E-state index contributed by atoms with van der Waals surface area (Å²) in [5, 5.41) is 0.886. The first kappa shape index (κ1) is 17.5. The second kappa shape index (κ2) is 6.99. The predicted octanol–water partition coefficient (Wildman–Crippen LogP) is 4.56. The molecule has 0 bridgehead atoms. The minimum Gasteiger partial charge on any atom is -0.493 e. The van der Waals surface area contributed by atoms with Crippen LogP contribution in [0.2, 0.25) is 0 Å². The molecule has 0 saturated heterocycles. The van der Waals surface area contributed by atoms with E-state index in [9.17, 15) is 4.79 Å². The zero-order chi connectivity index (χ0) is 19.0. The smallest absolute Gasteiger partial charge is 0.274 e. The first-order valence-electron chi connectivity index (χ1n) is 9.47. The van der Waals surface area contributed by atoms with Crippen LogP contribution >= 0.6 is 0 Å². The van der Waals surface area contributed by atoms with Gasteiger partial charge in [-0.05, 0) is 45.0 Å². The van der Waals surface area contributed by atoms with Gasteiger partial charge in [-0.15, -0.1) is 0 Å². The second-order valence-corrected chi connectivity index (χ2v) is 6.79. The Balaban J connectivity index is 1.80. The van der Waals surface area contributed by atoms with Gasteiger partial charge in [-0.1, -0.05) is 18.2 Å². The molecule has 5 nitrogen and oxygen atoms in total. The van der Waals surface area contributed by atoms with Crippen molar-refractivity contribution in [1.82, 2.24) is 4.98 Å². The van der Waals surface area contributed by atoms with Crippen molar-refractivity contribution in [3.05, 3.63) is 53.7 Å². The number of anilines is 1. The van der Waals surface area contributed by atoms with Crippen molar-refractivity contribution in [2.24, 2.45) is 0 Å². The number of carbonyl (C=O) groups is 1. The number of carbonyl (C=O) groups excluding carboxylic acids is 1. The van der Waals surface area contributed by atoms with Gasteiger partial charge in [0.1, 0.15) is 23.3 Å². The highest BCUT2D eigenvalue weighted by atomic mass is 16.5. The van der Waals surface area contributed by atoms with Crippen LogP contribution in [-0.2, 0) is 6.42 Å². The van der Waals surface area contributed by atoms with Crippen LogP contribution in [0, 0.1) is 0 Å². The first-order valence-corrected chi connectivity index (χ1v) is 9.47. The van der Waals surface area contributed by atoms with E-state index in [0.29, 0.717) is 18.8 Å². The molecule has 1 N–H and O–H groups in total. The Morgan fingerprint density at radius 3 is 2.74 bits per heavy atom. The normalized spacial score (nSPS) is 15.4. The highest BCUT2D eigenvalue weighted by molar-refractivity contribution is 6.09. The minimum atomic E-state index is -0.0675. The van der Waals surface area contributed by atoms with E-state index >= 15 is 0 Å². The van der Waals surface area contributed by atoms with Crippen LogP contribution in [-0.4, -0.2) is 30.1 Å². The lowest BCUT2D eigenvalue weighted by atomic mass is 10.1. The number of hydrogen-bond acceptors (Lipinski definition) is 3. The molecule has 0 radical (unpaired) electrons. The van der Waals surface area contributed by atoms with E-state index in [1.165, 1.54) is 0 Å². The van der Waals surface area contributed by atoms with Gasteiger partial charge in [0, 0.05) is 29.6 Å². The van der Waals surface area contributed by atoms with Crippen molar-refractivity contribution in [1.29, 1.82) is 0 Å². The molecule has 1 atom stereocenters. The summed E-state index contributed by atoms with van der Waals surface area (Å²) in [5.41, 5.74) is 3.37. The number of fused-ring (bicyclic) bond motifs is 3. The molecule has 5 heteroatoms. The van der Waals surface area contributed by atoms with Gasteiger partial charge in [-0.3, -0.25) is 4.79 Å². The van der Waals surface area contributed by atoms with Crippen LogP contribution in [0.15, 0.2) is 42.5 Å². The third-order valence-corrected chi connectivity index (χ3v) is 4.89. The number of rotatable bonds is 5. The first-order chi connectivity index (χ1) is 13.1. The Bertz CT molecular complexity index is 978. The summed E-state index contributed by atoms with van der Waals surface area (Å²) < 4.78 is 11.8. The Morgan fingerprint density at radius 2 is 2.04 bits per heavy atom. The number of ether oxygens (including phenoxy) is 2. The molecular weight excluding hydrogens is 340 g/mol. The highest BCUT2D eigenvalue weighted by Gasteiger charge is 2.27. The summed E-state index contributed by atoms with van der Waals surface area (Å²) in [7, 11) is 0. The predicted molar refractivity (Wildman–Crippen MR) is 107 cm³/mol. The largest absolute Gasteiger partial charge is 0.493 e. The topological polar surface area (TPSA) is 54.6 Å². The molecule has 1 aromatic heterocycles. The summed E-state index contributed by atoms with van der Waals surface area (Å²) >= 11 is 0. The summed E-state index contributed by atoms with van der Waals surface area (Å²) in [4.78, 5) is 18.3. The number of aromatic nitrogens is 1. The lowest BCUT2D eigenvalue weighted by Gasteiger charge is -2.20. The van der Waals surface area contributed by atoms with Crippen LogP contribution in [0.25, 0.3) is 10.9 Å². The molecule has 1 amide bonds. The molecule has 4 rings (SSSR count). The van der Waals surface area contributed by atoms with Gasteiger partial charge in [-0.2, -0.15) is 0 Å². The number of benzene rings is 2. The van der Waals surface area contributed by atoms with Crippen molar-refractivity contribution < 1.29 is 14.3 Å². The molecule has 0 saturated carbocycles.